The summed E-state index contributed by atoms with van der Waals surface area (Å²) in [6.45, 7) is 3.54. The van der Waals surface area contributed by atoms with Crippen molar-refractivity contribution in [3.8, 4) is 0 Å². The third kappa shape index (κ3) is 2.91. The van der Waals surface area contributed by atoms with Crippen LogP contribution in [0.2, 0.25) is 5.28 Å². The Labute approximate surface area is 104 Å². The van der Waals surface area contributed by atoms with E-state index in [4.69, 9.17) is 11.6 Å². The normalized spacial score (nSPS) is 10.4. The first-order valence-corrected chi connectivity index (χ1v) is 5.47. The maximum absolute atomic E-state index is 13.1. The van der Waals surface area contributed by atoms with Crippen LogP contribution in [0.3, 0.4) is 0 Å². The van der Waals surface area contributed by atoms with E-state index in [2.05, 4.69) is 15.3 Å². The van der Waals surface area contributed by atoms with Crippen molar-refractivity contribution in [1.82, 2.24) is 9.97 Å². The number of anilines is 2. The molecule has 0 radical (unpaired) electrons. The molecule has 3 nitrogen and oxygen atoms in total. The highest BCUT2D eigenvalue weighted by molar-refractivity contribution is 6.28. The van der Waals surface area contributed by atoms with Gasteiger partial charge in [0.25, 0.3) is 0 Å². The number of rotatable bonds is 2. The molecule has 0 aliphatic rings. The number of benzene rings is 1. The molecule has 1 aromatic heterocycles. The fraction of sp³-hybridized carbons (Fsp3) is 0.167. The van der Waals surface area contributed by atoms with Gasteiger partial charge in [0.05, 0.1) is 0 Å². The van der Waals surface area contributed by atoms with Crippen LogP contribution in [0.5, 0.6) is 0 Å². The molecular weight excluding hydrogens is 241 g/mol. The number of aryl methyl sites for hydroxylation is 2. The molecule has 2 rings (SSSR count). The Morgan fingerprint density at radius 1 is 1.18 bits per heavy atom. The lowest BCUT2D eigenvalue weighted by Gasteiger charge is -2.07. The first kappa shape index (κ1) is 11.8. The van der Waals surface area contributed by atoms with Crippen molar-refractivity contribution in [3.05, 3.63) is 46.6 Å². The monoisotopic (exact) mass is 251 g/mol. The molecule has 0 bridgehead atoms. The van der Waals surface area contributed by atoms with E-state index in [1.807, 2.05) is 6.92 Å². The predicted molar refractivity (Wildman–Crippen MR) is 66.2 cm³/mol. The van der Waals surface area contributed by atoms with Gasteiger partial charge in [-0.25, -0.2) is 14.4 Å². The van der Waals surface area contributed by atoms with Crippen LogP contribution in [0.4, 0.5) is 15.9 Å². The van der Waals surface area contributed by atoms with Gasteiger partial charge < -0.3 is 5.32 Å². The summed E-state index contributed by atoms with van der Waals surface area (Å²) in [5.74, 6) is 0.362. The molecule has 0 unspecified atom stereocenters. The van der Waals surface area contributed by atoms with Crippen molar-refractivity contribution < 1.29 is 4.39 Å². The lowest BCUT2D eigenvalue weighted by Crippen LogP contribution is -1.97. The van der Waals surface area contributed by atoms with Gasteiger partial charge in [-0.1, -0.05) is 0 Å². The van der Waals surface area contributed by atoms with Crippen LogP contribution in [0, 0.1) is 19.7 Å². The summed E-state index contributed by atoms with van der Waals surface area (Å²) < 4.78 is 13.1. The van der Waals surface area contributed by atoms with Gasteiger partial charge in [-0.2, -0.15) is 0 Å². The zero-order valence-electron chi connectivity index (χ0n) is 9.46. The number of hydrogen-bond donors (Lipinski definition) is 1. The van der Waals surface area contributed by atoms with Gasteiger partial charge in [0, 0.05) is 17.4 Å². The smallest absolute Gasteiger partial charge is 0.224 e. The third-order valence-electron chi connectivity index (χ3n) is 2.26. The number of aromatic nitrogens is 2. The second kappa shape index (κ2) is 4.67. The van der Waals surface area contributed by atoms with Crippen molar-refractivity contribution in [3.63, 3.8) is 0 Å². The van der Waals surface area contributed by atoms with Crippen molar-refractivity contribution in [2.24, 2.45) is 0 Å². The molecule has 0 amide bonds. The van der Waals surface area contributed by atoms with Crippen molar-refractivity contribution >= 4 is 23.1 Å². The van der Waals surface area contributed by atoms with Crippen molar-refractivity contribution in [2.75, 3.05) is 5.32 Å². The molecule has 0 spiro atoms. The second-order valence-corrected chi connectivity index (χ2v) is 4.09. The lowest BCUT2D eigenvalue weighted by molar-refractivity contribution is 0.619. The molecule has 0 saturated heterocycles. The number of nitrogens with zero attached hydrogens (tertiary/aromatic N) is 2. The zero-order valence-corrected chi connectivity index (χ0v) is 10.2. The Bertz CT molecular complexity index is 537. The van der Waals surface area contributed by atoms with Crippen LogP contribution in [-0.2, 0) is 0 Å². The van der Waals surface area contributed by atoms with Crippen LogP contribution in [0.1, 0.15) is 11.3 Å². The van der Waals surface area contributed by atoms with Crippen LogP contribution in [-0.4, -0.2) is 9.97 Å². The molecule has 88 valence electrons. The summed E-state index contributed by atoms with van der Waals surface area (Å²) in [6.07, 6.45) is 0. The van der Waals surface area contributed by atoms with E-state index in [1.54, 1.807) is 25.1 Å². The number of hydrogen-bond acceptors (Lipinski definition) is 3. The lowest BCUT2D eigenvalue weighted by atomic mass is 10.2. The Morgan fingerprint density at radius 3 is 2.59 bits per heavy atom. The minimum Gasteiger partial charge on any atom is -0.340 e. The van der Waals surface area contributed by atoms with E-state index in [0.717, 1.165) is 11.4 Å². The number of halogens is 2. The van der Waals surface area contributed by atoms with E-state index in [-0.39, 0.29) is 11.1 Å². The van der Waals surface area contributed by atoms with Gasteiger partial charge in [-0.3, -0.25) is 0 Å². The van der Waals surface area contributed by atoms with Gasteiger partial charge in [-0.15, -0.1) is 0 Å². The Kier molecular flexibility index (Phi) is 3.24. The molecule has 5 heteroatoms. The van der Waals surface area contributed by atoms with E-state index in [9.17, 15) is 4.39 Å². The van der Waals surface area contributed by atoms with E-state index >= 15 is 0 Å². The molecule has 0 saturated carbocycles. The molecule has 17 heavy (non-hydrogen) atoms. The first-order chi connectivity index (χ1) is 8.04. The van der Waals surface area contributed by atoms with Crippen molar-refractivity contribution in [2.45, 2.75) is 13.8 Å². The van der Waals surface area contributed by atoms with Gasteiger partial charge in [-0.05, 0) is 49.2 Å². The molecule has 1 N–H and O–H groups in total. The molecular formula is C12H11ClFN3. The fourth-order valence-electron chi connectivity index (χ4n) is 1.47. The Hall–Kier alpha value is -1.68. The average Bonchev–Trinajstić information content (AvgIpc) is 2.22. The number of nitrogens with one attached hydrogen (secondary N) is 1. The molecule has 1 aromatic carbocycles. The molecule has 0 fully saturated rings. The van der Waals surface area contributed by atoms with Gasteiger partial charge in [0.2, 0.25) is 5.28 Å². The molecule has 1 heterocycles. The van der Waals surface area contributed by atoms with Gasteiger partial charge >= 0.3 is 0 Å². The minimum atomic E-state index is -0.229. The Balaban J connectivity index is 2.28. The van der Waals surface area contributed by atoms with Crippen LogP contribution in [0.25, 0.3) is 0 Å². The quantitative estimate of drug-likeness (QED) is 0.829. The summed E-state index contributed by atoms with van der Waals surface area (Å²) in [5, 5.41) is 3.24. The summed E-state index contributed by atoms with van der Waals surface area (Å²) in [6, 6.07) is 6.53. The summed E-state index contributed by atoms with van der Waals surface area (Å²) >= 11 is 5.75. The highest BCUT2D eigenvalue weighted by atomic mass is 35.5. The average molecular weight is 252 g/mol. The zero-order chi connectivity index (χ0) is 12.4. The fourth-order valence-corrected chi connectivity index (χ4v) is 1.69. The molecule has 2 aromatic rings. The van der Waals surface area contributed by atoms with E-state index in [1.165, 1.54) is 6.07 Å². The molecule has 0 atom stereocenters. The molecule has 0 aliphatic heterocycles. The standard InChI is InChI=1S/C12H11ClFN3/c1-7-5-9(3-4-10(7)14)16-11-6-8(2)15-12(13)17-11/h3-6H,1-2H3,(H,15,16,17). The SMILES string of the molecule is Cc1cc(Nc2ccc(F)c(C)c2)nc(Cl)n1. The van der Waals surface area contributed by atoms with Crippen LogP contribution in [0.15, 0.2) is 24.3 Å². The van der Waals surface area contributed by atoms with Crippen molar-refractivity contribution in [1.29, 1.82) is 0 Å². The predicted octanol–water partition coefficient (Wildman–Crippen LogP) is 3.63. The topological polar surface area (TPSA) is 37.8 Å². The van der Waals surface area contributed by atoms with Gasteiger partial charge in [0.15, 0.2) is 0 Å². The van der Waals surface area contributed by atoms with E-state index in [0.29, 0.717) is 11.4 Å². The summed E-state index contributed by atoms with van der Waals surface area (Å²) in [5.41, 5.74) is 2.11. The second-order valence-electron chi connectivity index (χ2n) is 3.75. The highest BCUT2D eigenvalue weighted by Crippen LogP contribution is 2.19. The summed E-state index contributed by atoms with van der Waals surface area (Å²) in [7, 11) is 0. The largest absolute Gasteiger partial charge is 0.340 e. The Morgan fingerprint density at radius 2 is 1.94 bits per heavy atom. The third-order valence-corrected chi connectivity index (χ3v) is 2.43. The van der Waals surface area contributed by atoms with Crippen LogP contribution >= 0.6 is 11.6 Å². The van der Waals surface area contributed by atoms with Crippen LogP contribution < -0.4 is 5.32 Å². The summed E-state index contributed by atoms with van der Waals surface area (Å²) in [4.78, 5) is 7.99. The van der Waals surface area contributed by atoms with E-state index < -0.39 is 0 Å². The maximum atomic E-state index is 13.1. The van der Waals surface area contributed by atoms with Gasteiger partial charge in [0.1, 0.15) is 11.6 Å². The first-order valence-electron chi connectivity index (χ1n) is 5.09. The maximum Gasteiger partial charge on any atom is 0.224 e. The highest BCUT2D eigenvalue weighted by Gasteiger charge is 2.02. The molecule has 0 aliphatic carbocycles. The minimum absolute atomic E-state index is 0.186.